The van der Waals surface area contributed by atoms with E-state index in [9.17, 15) is 20.1 Å². The highest BCUT2D eigenvalue weighted by atomic mass is 16.3. The first kappa shape index (κ1) is 34.1. The second-order valence-electron chi connectivity index (χ2n) is 10.3. The summed E-state index contributed by atoms with van der Waals surface area (Å²) in [7, 11) is 0. The maximum absolute atomic E-state index is 12.2. The topological polar surface area (TPSA) is 89.8 Å². The van der Waals surface area contributed by atoms with Gasteiger partial charge in [0.25, 0.3) is 0 Å². The largest absolute Gasteiger partial charge is 0.394 e. The van der Waals surface area contributed by atoms with Crippen molar-refractivity contribution in [3.63, 3.8) is 0 Å². The summed E-state index contributed by atoms with van der Waals surface area (Å²) < 4.78 is 0. The predicted molar refractivity (Wildman–Crippen MR) is 148 cm³/mol. The second kappa shape index (κ2) is 26.2. The van der Waals surface area contributed by atoms with Gasteiger partial charge >= 0.3 is 0 Å². The molecule has 0 aromatic rings. The van der Waals surface area contributed by atoms with Gasteiger partial charge in [-0.1, -0.05) is 116 Å². The highest BCUT2D eigenvalue weighted by molar-refractivity contribution is 5.76. The molecule has 0 heterocycles. The van der Waals surface area contributed by atoms with Crippen LogP contribution in [0.25, 0.3) is 0 Å². The molecule has 0 saturated heterocycles. The first-order valence-electron chi connectivity index (χ1n) is 15.0. The molecule has 0 saturated carbocycles. The molecule has 5 heteroatoms. The van der Waals surface area contributed by atoms with Crippen LogP contribution in [-0.2, 0) is 4.79 Å². The first-order chi connectivity index (χ1) is 17.1. The molecule has 0 aromatic carbocycles. The molecule has 0 rings (SSSR count). The predicted octanol–water partition coefficient (Wildman–Crippen LogP) is 6.97. The Hall–Kier alpha value is -0.910. The number of carbonyl (C=O) groups is 1. The fraction of sp³-hybridized carbons (Fsp3) is 0.900. The van der Waals surface area contributed by atoms with E-state index >= 15 is 0 Å². The van der Waals surface area contributed by atoms with Crippen molar-refractivity contribution in [1.29, 1.82) is 0 Å². The van der Waals surface area contributed by atoms with Crippen LogP contribution in [0.4, 0.5) is 0 Å². The Balaban J connectivity index is 3.83. The molecule has 0 fully saturated rings. The number of hydrogen-bond donors (Lipinski definition) is 4. The summed E-state index contributed by atoms with van der Waals surface area (Å²) in [5.74, 6) is -0.160. The fourth-order valence-corrected chi connectivity index (χ4v) is 4.45. The Morgan fingerprint density at radius 2 is 1.14 bits per heavy atom. The number of hydrogen-bond acceptors (Lipinski definition) is 4. The molecule has 5 nitrogen and oxygen atoms in total. The van der Waals surface area contributed by atoms with Gasteiger partial charge in [-0.05, 0) is 38.5 Å². The smallest absolute Gasteiger partial charge is 0.220 e. The molecular formula is C30H59NO4. The lowest BCUT2D eigenvalue weighted by Gasteiger charge is -2.26. The highest BCUT2D eigenvalue weighted by Crippen LogP contribution is 2.13. The van der Waals surface area contributed by atoms with Gasteiger partial charge in [0, 0.05) is 6.42 Å². The van der Waals surface area contributed by atoms with E-state index in [1.54, 1.807) is 0 Å². The number of aliphatic hydroxyl groups excluding tert-OH is 3. The Labute approximate surface area is 217 Å². The van der Waals surface area contributed by atoms with Crippen LogP contribution < -0.4 is 5.32 Å². The highest BCUT2D eigenvalue weighted by Gasteiger charge is 2.26. The lowest BCUT2D eigenvalue weighted by Crippen LogP contribution is -2.50. The van der Waals surface area contributed by atoms with Gasteiger partial charge in [0.1, 0.15) is 6.10 Å². The lowest BCUT2D eigenvalue weighted by molar-refractivity contribution is -0.124. The molecule has 3 atom stereocenters. The van der Waals surface area contributed by atoms with Crippen molar-refractivity contribution in [2.24, 2.45) is 0 Å². The summed E-state index contributed by atoms with van der Waals surface area (Å²) in [6, 6.07) is -0.816. The van der Waals surface area contributed by atoms with Crippen LogP contribution in [0.2, 0.25) is 0 Å². The maximum Gasteiger partial charge on any atom is 0.220 e. The minimum Gasteiger partial charge on any atom is -0.394 e. The zero-order chi connectivity index (χ0) is 26.0. The van der Waals surface area contributed by atoms with Gasteiger partial charge in [-0.25, -0.2) is 0 Å². The molecule has 0 aliphatic rings. The van der Waals surface area contributed by atoms with E-state index in [0.717, 1.165) is 38.5 Å². The molecule has 4 N–H and O–H groups in total. The number of unbranched alkanes of at least 4 members (excludes halogenated alkanes) is 16. The summed E-state index contributed by atoms with van der Waals surface area (Å²) in [6.45, 7) is 4.10. The van der Waals surface area contributed by atoms with Gasteiger partial charge in [-0.2, -0.15) is 0 Å². The van der Waals surface area contributed by atoms with Crippen molar-refractivity contribution >= 4 is 5.91 Å². The van der Waals surface area contributed by atoms with Crippen LogP contribution in [0, 0.1) is 0 Å². The quantitative estimate of drug-likeness (QED) is 0.0767. The van der Waals surface area contributed by atoms with Gasteiger partial charge in [0.05, 0.1) is 18.8 Å². The minimum atomic E-state index is -1.15. The second-order valence-corrected chi connectivity index (χ2v) is 10.3. The zero-order valence-corrected chi connectivity index (χ0v) is 23.2. The normalized spacial score (nSPS) is 14.3. The average molecular weight is 498 g/mol. The number of rotatable bonds is 26. The number of carbonyl (C=O) groups excluding carboxylic acids is 1. The van der Waals surface area contributed by atoms with Gasteiger partial charge in [0.15, 0.2) is 0 Å². The molecule has 0 bridgehead atoms. The van der Waals surface area contributed by atoms with E-state index in [1.807, 2.05) is 0 Å². The number of amides is 1. The van der Waals surface area contributed by atoms with E-state index in [0.29, 0.717) is 12.8 Å². The molecule has 0 radical (unpaired) electrons. The number of nitrogens with one attached hydrogen (secondary N) is 1. The molecule has 0 spiro atoms. The molecule has 3 unspecified atom stereocenters. The van der Waals surface area contributed by atoms with Gasteiger partial charge < -0.3 is 20.6 Å². The third-order valence-electron chi connectivity index (χ3n) is 6.87. The molecule has 0 aliphatic heterocycles. The summed E-state index contributed by atoms with van der Waals surface area (Å²) >= 11 is 0. The molecule has 1 amide bonds. The van der Waals surface area contributed by atoms with E-state index in [1.165, 1.54) is 83.5 Å². The van der Waals surface area contributed by atoms with Crippen molar-refractivity contribution in [2.75, 3.05) is 6.61 Å². The average Bonchev–Trinajstić information content (AvgIpc) is 2.86. The molecule has 35 heavy (non-hydrogen) atoms. The van der Waals surface area contributed by atoms with Crippen molar-refractivity contribution in [2.45, 2.75) is 167 Å². The monoisotopic (exact) mass is 497 g/mol. The van der Waals surface area contributed by atoms with Crippen LogP contribution in [0.3, 0.4) is 0 Å². The number of aliphatic hydroxyl groups is 3. The molecule has 208 valence electrons. The Morgan fingerprint density at radius 3 is 1.66 bits per heavy atom. The molecule has 0 aromatic heterocycles. The van der Waals surface area contributed by atoms with Gasteiger partial charge in [-0.3, -0.25) is 4.79 Å². The van der Waals surface area contributed by atoms with Crippen molar-refractivity contribution in [3.8, 4) is 0 Å². The molecular weight excluding hydrogens is 438 g/mol. The summed E-state index contributed by atoms with van der Waals surface area (Å²) in [5, 5.41) is 33.0. The van der Waals surface area contributed by atoms with Crippen molar-refractivity contribution in [1.82, 2.24) is 5.32 Å². The third-order valence-corrected chi connectivity index (χ3v) is 6.87. The van der Waals surface area contributed by atoms with E-state index < -0.39 is 18.2 Å². The SMILES string of the molecule is CCCCCCCC/C=C/CCCC(O)C(O)C(CO)NC(=O)CCCCCCCCCCCC. The first-order valence-corrected chi connectivity index (χ1v) is 15.0. The van der Waals surface area contributed by atoms with Crippen LogP contribution >= 0.6 is 0 Å². The van der Waals surface area contributed by atoms with E-state index in [-0.39, 0.29) is 12.5 Å². The standard InChI is InChI=1S/C30H59NO4/c1-3-5-7-9-11-13-15-16-18-20-22-24-28(33)30(35)27(26-32)31-29(34)25-23-21-19-17-14-12-10-8-6-4-2/h16,18,27-28,30,32-33,35H,3-15,17,19-26H2,1-2H3,(H,31,34)/b18-16+. The fourth-order valence-electron chi connectivity index (χ4n) is 4.45. The van der Waals surface area contributed by atoms with Gasteiger partial charge in [0.2, 0.25) is 5.91 Å². The molecule has 0 aliphatic carbocycles. The van der Waals surface area contributed by atoms with E-state index in [2.05, 4.69) is 31.3 Å². The third kappa shape index (κ3) is 22.0. The van der Waals surface area contributed by atoms with E-state index in [4.69, 9.17) is 0 Å². The maximum atomic E-state index is 12.2. The van der Waals surface area contributed by atoms with Crippen LogP contribution in [0.5, 0.6) is 0 Å². The van der Waals surface area contributed by atoms with Crippen LogP contribution in [0.1, 0.15) is 149 Å². The number of allylic oxidation sites excluding steroid dienone is 2. The summed E-state index contributed by atoms with van der Waals surface area (Å²) in [5.41, 5.74) is 0. The Bertz CT molecular complexity index is 483. The van der Waals surface area contributed by atoms with Gasteiger partial charge in [-0.15, -0.1) is 0 Å². The summed E-state index contributed by atoms with van der Waals surface area (Å²) in [6.07, 6.45) is 25.8. The Kier molecular flexibility index (Phi) is 25.5. The summed E-state index contributed by atoms with van der Waals surface area (Å²) in [4.78, 5) is 12.2. The van der Waals surface area contributed by atoms with Crippen molar-refractivity contribution < 1.29 is 20.1 Å². The van der Waals surface area contributed by atoms with Crippen LogP contribution in [0.15, 0.2) is 12.2 Å². The minimum absolute atomic E-state index is 0.160. The van der Waals surface area contributed by atoms with Crippen molar-refractivity contribution in [3.05, 3.63) is 12.2 Å². The lowest BCUT2D eigenvalue weighted by atomic mass is 10.0. The Morgan fingerprint density at radius 1 is 0.686 bits per heavy atom. The van der Waals surface area contributed by atoms with Crippen LogP contribution in [-0.4, -0.2) is 46.1 Å². The zero-order valence-electron chi connectivity index (χ0n) is 23.2.